The molecule has 5 nitrogen and oxygen atoms in total. The molecule has 1 amide bonds. The summed E-state index contributed by atoms with van der Waals surface area (Å²) in [4.78, 5) is 18.7. The number of fused-ring (bicyclic) bond motifs is 2. The molecule has 1 unspecified atom stereocenters. The van der Waals surface area contributed by atoms with Crippen LogP contribution in [0.4, 0.5) is 0 Å². The zero-order valence-corrected chi connectivity index (χ0v) is 14.7. The molecule has 24 heavy (non-hydrogen) atoms. The van der Waals surface area contributed by atoms with Gasteiger partial charge in [0.1, 0.15) is 5.70 Å². The fraction of sp³-hybridized carbons (Fsp3) is 0.235. The molecule has 0 bridgehead atoms. The molecule has 4 rings (SSSR count). The summed E-state index contributed by atoms with van der Waals surface area (Å²) in [5.41, 5.74) is 0.569. The molecule has 1 aromatic heterocycles. The minimum absolute atomic E-state index is 0.118. The van der Waals surface area contributed by atoms with Gasteiger partial charge >= 0.3 is 0 Å². The third-order valence-electron chi connectivity index (χ3n) is 3.76. The van der Waals surface area contributed by atoms with E-state index in [-0.39, 0.29) is 12.1 Å². The van der Waals surface area contributed by atoms with Crippen LogP contribution in [0, 0.1) is 0 Å². The van der Waals surface area contributed by atoms with E-state index >= 15 is 0 Å². The first-order chi connectivity index (χ1) is 11.8. The van der Waals surface area contributed by atoms with Crippen LogP contribution in [-0.2, 0) is 4.79 Å². The van der Waals surface area contributed by atoms with Crippen LogP contribution in [-0.4, -0.2) is 21.8 Å². The number of hydrazone groups is 1. The van der Waals surface area contributed by atoms with Crippen molar-refractivity contribution in [1.29, 1.82) is 0 Å². The summed E-state index contributed by atoms with van der Waals surface area (Å²) in [5.74, 6) is 0.798. The molecule has 122 valence electrons. The molecular weight excluding hydrogens is 340 g/mol. The first kappa shape index (κ1) is 15.4. The third-order valence-corrected chi connectivity index (χ3v) is 5.74. The van der Waals surface area contributed by atoms with Gasteiger partial charge in [0.25, 0.3) is 5.91 Å². The van der Waals surface area contributed by atoms with E-state index in [1.54, 1.807) is 28.1 Å². The van der Waals surface area contributed by atoms with E-state index in [9.17, 15) is 4.79 Å². The van der Waals surface area contributed by atoms with Crippen molar-refractivity contribution in [1.82, 2.24) is 10.3 Å². The highest BCUT2D eigenvalue weighted by atomic mass is 32.2. The first-order valence-corrected chi connectivity index (χ1v) is 9.67. The number of nitrogens with zero attached hydrogens (tertiary/aromatic N) is 3. The second-order valence-electron chi connectivity index (χ2n) is 5.44. The lowest BCUT2D eigenvalue weighted by Crippen LogP contribution is -2.50. The number of para-hydroxylation sites is 1. The number of benzene rings is 1. The number of rotatable bonds is 3. The number of carbonyl (C=O) groups excluding carboxylic acids is 1. The summed E-state index contributed by atoms with van der Waals surface area (Å²) < 4.78 is 0. The lowest BCUT2D eigenvalue weighted by molar-refractivity contribution is -0.116. The largest absolute Gasteiger partial charge is 0.298 e. The van der Waals surface area contributed by atoms with Gasteiger partial charge < -0.3 is 0 Å². The highest BCUT2D eigenvalue weighted by Gasteiger charge is 2.34. The molecule has 3 heterocycles. The van der Waals surface area contributed by atoms with Gasteiger partial charge in [0.2, 0.25) is 0 Å². The van der Waals surface area contributed by atoms with Crippen molar-refractivity contribution in [2.75, 3.05) is 5.75 Å². The quantitative estimate of drug-likeness (QED) is 0.916. The Morgan fingerprint density at radius 3 is 2.96 bits per heavy atom. The molecule has 7 heteroatoms. The van der Waals surface area contributed by atoms with Crippen LogP contribution < -0.4 is 15.9 Å². The number of thioether (sulfide) groups is 1. The summed E-state index contributed by atoms with van der Waals surface area (Å²) in [6.07, 6.45) is 0.732. The van der Waals surface area contributed by atoms with Gasteiger partial charge in [0.05, 0.1) is 10.2 Å². The smallest absolute Gasteiger partial charge is 0.276 e. The fourth-order valence-corrected chi connectivity index (χ4v) is 4.17. The molecule has 1 N–H and O–H groups in total. The van der Waals surface area contributed by atoms with Gasteiger partial charge in [-0.15, -0.1) is 16.4 Å². The Hall–Kier alpha value is -2.12. The molecule has 2 aliphatic rings. The topological polar surface area (TPSA) is 57.1 Å². The summed E-state index contributed by atoms with van der Waals surface area (Å²) in [5, 5.41) is 13.7. The van der Waals surface area contributed by atoms with E-state index < -0.39 is 0 Å². The average molecular weight is 356 g/mol. The van der Waals surface area contributed by atoms with Gasteiger partial charge in [0, 0.05) is 11.0 Å². The van der Waals surface area contributed by atoms with Gasteiger partial charge in [-0.1, -0.05) is 43.0 Å². The van der Waals surface area contributed by atoms with Crippen molar-refractivity contribution in [3.63, 3.8) is 0 Å². The van der Waals surface area contributed by atoms with Crippen LogP contribution in [0.2, 0.25) is 0 Å². The molecule has 0 spiro atoms. The molecule has 0 saturated carbocycles. The number of amides is 1. The van der Waals surface area contributed by atoms with Crippen molar-refractivity contribution >= 4 is 39.9 Å². The maximum atomic E-state index is 12.8. The Labute approximate surface area is 147 Å². The second-order valence-corrected chi connectivity index (χ2v) is 7.50. The minimum atomic E-state index is -0.293. The average Bonchev–Trinajstić information content (AvgIpc) is 3.13. The maximum absolute atomic E-state index is 12.8. The first-order valence-electron chi connectivity index (χ1n) is 7.80. The summed E-state index contributed by atoms with van der Waals surface area (Å²) >= 11 is 3.19. The number of thiophene rings is 1. The zero-order valence-electron chi connectivity index (χ0n) is 13.1. The van der Waals surface area contributed by atoms with E-state index in [2.05, 4.69) is 17.3 Å². The third kappa shape index (κ3) is 2.63. The van der Waals surface area contributed by atoms with E-state index in [1.165, 1.54) is 0 Å². The Morgan fingerprint density at radius 1 is 1.29 bits per heavy atom. The molecule has 0 aliphatic carbocycles. The number of hydrogen-bond donors (Lipinski definition) is 1. The molecule has 0 saturated heterocycles. The van der Waals surface area contributed by atoms with Gasteiger partial charge in [0.15, 0.2) is 11.3 Å². The lowest BCUT2D eigenvalue weighted by atomic mass is 10.1. The van der Waals surface area contributed by atoms with E-state index in [0.29, 0.717) is 10.9 Å². The van der Waals surface area contributed by atoms with Gasteiger partial charge in [-0.05, 0) is 23.9 Å². The van der Waals surface area contributed by atoms with Crippen molar-refractivity contribution in [2.24, 2.45) is 10.1 Å². The fourth-order valence-electron chi connectivity index (χ4n) is 2.71. The van der Waals surface area contributed by atoms with E-state index in [0.717, 1.165) is 27.6 Å². The van der Waals surface area contributed by atoms with E-state index in [4.69, 9.17) is 4.99 Å². The van der Waals surface area contributed by atoms with Crippen LogP contribution >= 0.6 is 23.1 Å². The molecule has 2 aliphatic heterocycles. The number of hydrogen-bond acceptors (Lipinski definition) is 6. The predicted octanol–water partition coefficient (Wildman–Crippen LogP) is 2.03. The normalized spacial score (nSPS) is 19.1. The number of carbonyl (C=O) groups is 1. The molecule has 1 aromatic carbocycles. The molecule has 0 radical (unpaired) electrons. The monoisotopic (exact) mass is 356 g/mol. The Bertz CT molecular complexity index is 920. The van der Waals surface area contributed by atoms with Crippen LogP contribution in [0.1, 0.15) is 24.4 Å². The standard InChI is InChI=1S/C17H16N4OS2/c1-2-9-24-17-19-16(22)14-11-6-3-4-7-12(11)18-15(21(14)20-17)13-8-5-10-23-13/h3-8,10,15H,2,9H2,1H3,(H,19,20,22). The highest BCUT2D eigenvalue weighted by molar-refractivity contribution is 8.13. The van der Waals surface area contributed by atoms with Crippen LogP contribution in [0.25, 0.3) is 5.70 Å². The van der Waals surface area contributed by atoms with Crippen molar-refractivity contribution in [3.05, 3.63) is 57.2 Å². The van der Waals surface area contributed by atoms with E-state index in [1.807, 2.05) is 41.8 Å². The lowest BCUT2D eigenvalue weighted by Gasteiger charge is -2.33. The van der Waals surface area contributed by atoms with Gasteiger partial charge in [-0.3, -0.25) is 15.1 Å². The summed E-state index contributed by atoms with van der Waals surface area (Å²) in [6.45, 7) is 2.11. The van der Waals surface area contributed by atoms with Crippen molar-refractivity contribution in [2.45, 2.75) is 19.5 Å². The van der Waals surface area contributed by atoms with Crippen LogP contribution in [0.3, 0.4) is 0 Å². The summed E-state index contributed by atoms with van der Waals surface area (Å²) in [6, 6.07) is 11.8. The van der Waals surface area contributed by atoms with Gasteiger partial charge in [-0.25, -0.2) is 5.01 Å². The highest BCUT2D eigenvalue weighted by Crippen LogP contribution is 2.32. The molecule has 1 atom stereocenters. The minimum Gasteiger partial charge on any atom is -0.298 e. The van der Waals surface area contributed by atoms with Crippen molar-refractivity contribution in [3.8, 4) is 0 Å². The SMILES string of the molecule is CCCSC1=NN2C(=c3ccccc3=NC2c2cccs2)C(=O)N1. The predicted molar refractivity (Wildman–Crippen MR) is 97.9 cm³/mol. The molecular formula is C17H16N4OS2. The maximum Gasteiger partial charge on any atom is 0.276 e. The number of nitrogens with one attached hydrogen (secondary N) is 1. The number of amidine groups is 1. The molecule has 2 aromatic rings. The second kappa shape index (κ2) is 6.41. The van der Waals surface area contributed by atoms with Crippen LogP contribution in [0.15, 0.2) is 51.9 Å². The van der Waals surface area contributed by atoms with Crippen molar-refractivity contribution < 1.29 is 4.79 Å². The van der Waals surface area contributed by atoms with Gasteiger partial charge in [-0.2, -0.15) is 0 Å². The Balaban J connectivity index is 1.89. The Morgan fingerprint density at radius 2 is 2.17 bits per heavy atom. The Kier molecular flexibility index (Phi) is 4.12. The molecule has 0 fully saturated rings. The van der Waals surface area contributed by atoms with Crippen LogP contribution in [0.5, 0.6) is 0 Å². The zero-order chi connectivity index (χ0) is 16.5. The summed E-state index contributed by atoms with van der Waals surface area (Å²) in [7, 11) is 0.